The van der Waals surface area contributed by atoms with Crippen LogP contribution in [-0.2, 0) is 0 Å². The maximum absolute atomic E-state index is 2.45. The number of hydrogen-bond donors (Lipinski definition) is 0. The highest BCUT2D eigenvalue weighted by Gasteiger charge is 2.20. The average Bonchev–Trinajstić information content (AvgIpc) is 2.93. The molecule has 36 heavy (non-hydrogen) atoms. The molecular formula is C35H25N. The molecule has 7 aromatic carbocycles. The van der Waals surface area contributed by atoms with Gasteiger partial charge in [0.1, 0.15) is 0 Å². The van der Waals surface area contributed by atoms with Gasteiger partial charge in [0.05, 0.1) is 11.4 Å². The summed E-state index contributed by atoms with van der Waals surface area (Å²) in [5.41, 5.74) is 4.79. The summed E-state index contributed by atoms with van der Waals surface area (Å²) in [4.78, 5) is 2.45. The van der Waals surface area contributed by atoms with Crippen LogP contribution in [0.2, 0.25) is 0 Å². The zero-order chi connectivity index (χ0) is 24.1. The van der Waals surface area contributed by atoms with Crippen LogP contribution in [0.3, 0.4) is 0 Å². The van der Waals surface area contributed by atoms with Crippen molar-refractivity contribution in [3.63, 3.8) is 0 Å². The van der Waals surface area contributed by atoms with Crippen LogP contribution in [0, 0.1) is 6.92 Å². The fraction of sp³-hybridized carbons (Fsp3) is 0.0286. The molecular weight excluding hydrogens is 434 g/mol. The standard InChI is InChI=1S/C35H25N/c1-24-9-6-14-29(23-24)36(32-17-7-12-27-21-19-25-10-2-4-15-30(25)34(27)32)33-18-8-13-28-22-20-26-11-3-5-16-31(26)35(28)33/h2-23H,1H3. The Morgan fingerprint density at radius 1 is 0.417 bits per heavy atom. The van der Waals surface area contributed by atoms with Crippen LogP contribution >= 0.6 is 0 Å². The Balaban J connectivity index is 1.65. The molecule has 7 rings (SSSR count). The second kappa shape index (κ2) is 8.25. The molecule has 7 aromatic rings. The number of hydrogen-bond acceptors (Lipinski definition) is 1. The summed E-state index contributed by atoms with van der Waals surface area (Å²) in [6, 6.07) is 48.5. The molecule has 0 atom stereocenters. The van der Waals surface area contributed by atoms with Crippen LogP contribution in [0.5, 0.6) is 0 Å². The van der Waals surface area contributed by atoms with Crippen molar-refractivity contribution in [2.24, 2.45) is 0 Å². The lowest BCUT2D eigenvalue weighted by atomic mass is 9.97. The van der Waals surface area contributed by atoms with Crippen LogP contribution in [0.1, 0.15) is 5.56 Å². The number of anilines is 3. The molecule has 0 spiro atoms. The van der Waals surface area contributed by atoms with E-state index >= 15 is 0 Å². The van der Waals surface area contributed by atoms with Crippen LogP contribution in [0.4, 0.5) is 17.1 Å². The third-order valence-corrected chi connectivity index (χ3v) is 7.24. The first-order valence-corrected chi connectivity index (χ1v) is 12.5. The maximum atomic E-state index is 2.45. The molecule has 0 aliphatic heterocycles. The van der Waals surface area contributed by atoms with Crippen molar-refractivity contribution >= 4 is 60.2 Å². The third kappa shape index (κ3) is 3.25. The van der Waals surface area contributed by atoms with E-state index in [1.165, 1.54) is 60.0 Å². The first-order chi connectivity index (χ1) is 17.8. The molecule has 1 nitrogen and oxygen atoms in total. The molecule has 0 bridgehead atoms. The Labute approximate surface area is 210 Å². The number of nitrogens with zero attached hydrogens (tertiary/aromatic N) is 1. The van der Waals surface area contributed by atoms with E-state index in [4.69, 9.17) is 0 Å². The molecule has 0 aromatic heterocycles. The molecule has 0 fully saturated rings. The van der Waals surface area contributed by atoms with Gasteiger partial charge in [0.25, 0.3) is 0 Å². The van der Waals surface area contributed by atoms with E-state index in [-0.39, 0.29) is 0 Å². The molecule has 0 saturated heterocycles. The number of benzene rings is 7. The Morgan fingerprint density at radius 2 is 0.889 bits per heavy atom. The minimum Gasteiger partial charge on any atom is -0.309 e. The third-order valence-electron chi connectivity index (χ3n) is 7.24. The number of fused-ring (bicyclic) bond motifs is 6. The minimum absolute atomic E-state index is 1.16. The molecule has 0 unspecified atom stereocenters. The summed E-state index contributed by atoms with van der Waals surface area (Å²) in [6.07, 6.45) is 0. The van der Waals surface area contributed by atoms with E-state index in [9.17, 15) is 0 Å². The molecule has 170 valence electrons. The molecule has 0 aliphatic carbocycles. The van der Waals surface area contributed by atoms with Crippen molar-refractivity contribution in [3.8, 4) is 0 Å². The van der Waals surface area contributed by atoms with Gasteiger partial charge >= 0.3 is 0 Å². The van der Waals surface area contributed by atoms with E-state index in [0.29, 0.717) is 0 Å². The minimum atomic E-state index is 1.16. The second-order valence-corrected chi connectivity index (χ2v) is 9.50. The van der Waals surface area contributed by atoms with Crippen LogP contribution in [-0.4, -0.2) is 0 Å². The van der Waals surface area contributed by atoms with Gasteiger partial charge in [0, 0.05) is 16.5 Å². The normalized spacial score (nSPS) is 11.5. The van der Waals surface area contributed by atoms with Gasteiger partial charge in [-0.25, -0.2) is 0 Å². The van der Waals surface area contributed by atoms with Gasteiger partial charge in [-0.15, -0.1) is 0 Å². The molecule has 0 heterocycles. The maximum Gasteiger partial charge on any atom is 0.0546 e. The molecule has 0 aliphatic rings. The summed E-state index contributed by atoms with van der Waals surface area (Å²) in [5, 5.41) is 10.1. The smallest absolute Gasteiger partial charge is 0.0546 e. The van der Waals surface area contributed by atoms with Gasteiger partial charge in [-0.1, -0.05) is 109 Å². The monoisotopic (exact) mass is 459 g/mol. The highest BCUT2D eigenvalue weighted by Crippen LogP contribution is 2.45. The summed E-state index contributed by atoms with van der Waals surface area (Å²) in [6.45, 7) is 2.17. The van der Waals surface area contributed by atoms with Crippen molar-refractivity contribution in [2.75, 3.05) is 4.90 Å². The lowest BCUT2D eigenvalue weighted by Crippen LogP contribution is -2.11. The van der Waals surface area contributed by atoms with Crippen molar-refractivity contribution in [2.45, 2.75) is 6.92 Å². The summed E-state index contributed by atoms with van der Waals surface area (Å²) < 4.78 is 0. The van der Waals surface area contributed by atoms with Crippen molar-refractivity contribution < 1.29 is 0 Å². The van der Waals surface area contributed by atoms with Gasteiger partial charge in [-0.05, 0) is 69.1 Å². The van der Waals surface area contributed by atoms with Crippen molar-refractivity contribution in [1.82, 2.24) is 0 Å². The van der Waals surface area contributed by atoms with Crippen LogP contribution in [0.15, 0.2) is 133 Å². The molecule has 0 amide bonds. The van der Waals surface area contributed by atoms with Gasteiger partial charge in [-0.3, -0.25) is 0 Å². The topological polar surface area (TPSA) is 3.24 Å². The van der Waals surface area contributed by atoms with Gasteiger partial charge < -0.3 is 4.90 Å². The second-order valence-electron chi connectivity index (χ2n) is 9.50. The van der Waals surface area contributed by atoms with Crippen molar-refractivity contribution in [3.05, 3.63) is 139 Å². The summed E-state index contributed by atoms with van der Waals surface area (Å²) >= 11 is 0. The first kappa shape index (κ1) is 20.7. The fourth-order valence-corrected chi connectivity index (χ4v) is 5.63. The highest BCUT2D eigenvalue weighted by molar-refractivity contribution is 6.19. The zero-order valence-corrected chi connectivity index (χ0v) is 20.1. The Kier molecular flexibility index (Phi) is 4.75. The lowest BCUT2D eigenvalue weighted by molar-refractivity contribution is 1.30. The van der Waals surface area contributed by atoms with Gasteiger partial charge in [-0.2, -0.15) is 0 Å². The largest absolute Gasteiger partial charge is 0.309 e. The fourth-order valence-electron chi connectivity index (χ4n) is 5.63. The van der Waals surface area contributed by atoms with E-state index in [0.717, 1.165) is 5.69 Å². The number of rotatable bonds is 3. The van der Waals surface area contributed by atoms with Crippen LogP contribution in [0.25, 0.3) is 43.1 Å². The average molecular weight is 460 g/mol. The Morgan fingerprint density at radius 3 is 1.44 bits per heavy atom. The Hall–Kier alpha value is -4.62. The summed E-state index contributed by atoms with van der Waals surface area (Å²) in [5.74, 6) is 0. The molecule has 0 radical (unpaired) electrons. The molecule has 0 saturated carbocycles. The zero-order valence-electron chi connectivity index (χ0n) is 20.1. The molecule has 1 heteroatoms. The lowest BCUT2D eigenvalue weighted by Gasteiger charge is -2.29. The SMILES string of the molecule is Cc1cccc(N(c2cccc3ccc4ccccc4c23)c2cccc3ccc4ccccc4c23)c1. The van der Waals surface area contributed by atoms with Crippen LogP contribution < -0.4 is 4.90 Å². The first-order valence-electron chi connectivity index (χ1n) is 12.5. The number of aryl methyl sites for hydroxylation is 1. The van der Waals surface area contributed by atoms with Crippen molar-refractivity contribution in [1.29, 1.82) is 0 Å². The van der Waals surface area contributed by atoms with Gasteiger partial charge in [0.15, 0.2) is 0 Å². The summed E-state index contributed by atoms with van der Waals surface area (Å²) in [7, 11) is 0. The predicted octanol–water partition coefficient (Wildman–Crippen LogP) is 10.1. The van der Waals surface area contributed by atoms with E-state index in [1.54, 1.807) is 0 Å². The van der Waals surface area contributed by atoms with E-state index in [1.807, 2.05) is 0 Å². The van der Waals surface area contributed by atoms with Gasteiger partial charge in [0.2, 0.25) is 0 Å². The Bertz CT molecular complexity index is 1800. The van der Waals surface area contributed by atoms with E-state index in [2.05, 4.69) is 145 Å². The highest BCUT2D eigenvalue weighted by atomic mass is 15.1. The molecule has 0 N–H and O–H groups in total. The quantitative estimate of drug-likeness (QED) is 0.238. The van der Waals surface area contributed by atoms with E-state index < -0.39 is 0 Å². The predicted molar refractivity (Wildman–Crippen MR) is 156 cm³/mol.